The van der Waals surface area contributed by atoms with Crippen molar-refractivity contribution >= 4 is 5.97 Å². The van der Waals surface area contributed by atoms with Gasteiger partial charge in [-0.1, -0.05) is 19.1 Å². The van der Waals surface area contributed by atoms with Crippen LogP contribution in [0.4, 0.5) is 13.2 Å². The monoisotopic (exact) mass is 298 g/mol. The Labute approximate surface area is 118 Å². The zero-order valence-corrected chi connectivity index (χ0v) is 11.1. The van der Waals surface area contributed by atoms with E-state index in [2.05, 4.69) is 10.2 Å². The maximum absolute atomic E-state index is 12.7. The quantitative estimate of drug-likeness (QED) is 0.909. The molecule has 0 aliphatic rings. The van der Waals surface area contributed by atoms with Crippen LogP contribution in [-0.2, 0) is 17.4 Å². The van der Waals surface area contributed by atoms with Crippen molar-refractivity contribution in [2.75, 3.05) is 0 Å². The molecular weight excluding hydrogens is 285 g/mol. The fourth-order valence-electron chi connectivity index (χ4n) is 1.97. The molecule has 2 aromatic rings. The molecule has 0 fully saturated rings. The van der Waals surface area contributed by atoms with Gasteiger partial charge in [-0.15, -0.1) is 0 Å². The van der Waals surface area contributed by atoms with Crippen molar-refractivity contribution in [3.63, 3.8) is 0 Å². The average molecular weight is 298 g/mol. The Hall–Kier alpha value is -2.31. The van der Waals surface area contributed by atoms with Crippen LogP contribution in [0.3, 0.4) is 0 Å². The number of aromatic nitrogens is 2. The summed E-state index contributed by atoms with van der Waals surface area (Å²) in [4.78, 5) is 10.9. The standard InChI is InChI=1S/C14H13F3N2O2/c1-8(13(20)21)5-12-11(7-18-19-12)9-3-2-4-10(6-9)14(15,16)17/h2-4,6-8H,5H2,1H3,(H,18,19)(H,20,21). The number of hydrogen-bond acceptors (Lipinski definition) is 2. The van der Waals surface area contributed by atoms with Crippen molar-refractivity contribution in [2.45, 2.75) is 19.5 Å². The molecule has 0 saturated carbocycles. The summed E-state index contributed by atoms with van der Waals surface area (Å²) in [5.74, 6) is -1.63. The fourth-order valence-corrected chi connectivity index (χ4v) is 1.97. The highest BCUT2D eigenvalue weighted by molar-refractivity contribution is 5.71. The first-order chi connectivity index (χ1) is 9.79. The average Bonchev–Trinajstić information content (AvgIpc) is 2.86. The first-order valence-electron chi connectivity index (χ1n) is 6.21. The van der Waals surface area contributed by atoms with Gasteiger partial charge in [0.05, 0.1) is 17.7 Å². The third-order valence-corrected chi connectivity index (χ3v) is 3.15. The molecule has 0 amide bonds. The molecule has 1 aromatic heterocycles. The molecule has 0 saturated heterocycles. The van der Waals surface area contributed by atoms with Crippen LogP contribution < -0.4 is 0 Å². The molecular formula is C14H13F3N2O2. The highest BCUT2D eigenvalue weighted by atomic mass is 19.4. The molecule has 7 heteroatoms. The lowest BCUT2D eigenvalue weighted by atomic mass is 9.98. The van der Waals surface area contributed by atoms with Crippen molar-refractivity contribution in [1.82, 2.24) is 10.2 Å². The summed E-state index contributed by atoms with van der Waals surface area (Å²) in [6.45, 7) is 1.53. The van der Waals surface area contributed by atoms with E-state index in [-0.39, 0.29) is 6.42 Å². The van der Waals surface area contributed by atoms with Gasteiger partial charge in [-0.25, -0.2) is 0 Å². The van der Waals surface area contributed by atoms with Crippen LogP contribution >= 0.6 is 0 Å². The number of halogens is 3. The van der Waals surface area contributed by atoms with Gasteiger partial charge in [0, 0.05) is 17.7 Å². The van der Waals surface area contributed by atoms with Crippen LogP contribution in [-0.4, -0.2) is 21.3 Å². The first kappa shape index (κ1) is 15.1. The van der Waals surface area contributed by atoms with Crippen LogP contribution in [0, 0.1) is 5.92 Å². The molecule has 1 heterocycles. The summed E-state index contributed by atoms with van der Waals surface area (Å²) in [5, 5.41) is 15.4. The third kappa shape index (κ3) is 3.42. The number of nitrogens with one attached hydrogen (secondary N) is 1. The summed E-state index contributed by atoms with van der Waals surface area (Å²) >= 11 is 0. The molecule has 0 bridgehead atoms. The summed E-state index contributed by atoms with van der Waals surface area (Å²) < 4.78 is 38.2. The molecule has 1 unspecified atom stereocenters. The zero-order valence-electron chi connectivity index (χ0n) is 11.1. The number of H-pyrrole nitrogens is 1. The van der Waals surface area contributed by atoms with Crippen LogP contribution in [0.15, 0.2) is 30.5 Å². The smallest absolute Gasteiger partial charge is 0.416 e. The second-order valence-electron chi connectivity index (χ2n) is 4.78. The van der Waals surface area contributed by atoms with E-state index in [1.165, 1.54) is 25.3 Å². The highest BCUT2D eigenvalue weighted by Gasteiger charge is 2.30. The molecule has 4 nitrogen and oxygen atoms in total. The van der Waals surface area contributed by atoms with Gasteiger partial charge in [0.2, 0.25) is 0 Å². The predicted molar refractivity (Wildman–Crippen MR) is 69.5 cm³/mol. The van der Waals surface area contributed by atoms with E-state index in [1.807, 2.05) is 0 Å². The Kier molecular flexibility index (Phi) is 4.02. The number of carboxylic acid groups (broad SMARTS) is 1. The van der Waals surface area contributed by atoms with Crippen LogP contribution in [0.25, 0.3) is 11.1 Å². The van der Waals surface area contributed by atoms with Crippen molar-refractivity contribution in [1.29, 1.82) is 0 Å². The van der Waals surface area contributed by atoms with Gasteiger partial charge in [0.15, 0.2) is 0 Å². The van der Waals surface area contributed by atoms with Gasteiger partial charge in [0.1, 0.15) is 0 Å². The molecule has 112 valence electrons. The Morgan fingerprint density at radius 2 is 2.14 bits per heavy atom. The van der Waals surface area contributed by atoms with Gasteiger partial charge in [0.25, 0.3) is 0 Å². The van der Waals surface area contributed by atoms with E-state index in [4.69, 9.17) is 5.11 Å². The molecule has 2 rings (SSSR count). The van der Waals surface area contributed by atoms with Gasteiger partial charge in [-0.3, -0.25) is 9.89 Å². The number of aromatic amines is 1. The van der Waals surface area contributed by atoms with Crippen LogP contribution in [0.1, 0.15) is 18.2 Å². The van der Waals surface area contributed by atoms with Crippen molar-refractivity contribution in [3.8, 4) is 11.1 Å². The minimum atomic E-state index is -4.42. The lowest BCUT2D eigenvalue weighted by molar-refractivity contribution is -0.141. The summed E-state index contributed by atoms with van der Waals surface area (Å²) in [6, 6.07) is 4.87. The molecule has 0 aliphatic heterocycles. The number of rotatable bonds is 4. The molecule has 0 spiro atoms. The van der Waals surface area contributed by atoms with E-state index in [0.29, 0.717) is 16.8 Å². The normalized spacial score (nSPS) is 13.1. The Morgan fingerprint density at radius 3 is 2.76 bits per heavy atom. The predicted octanol–water partition coefficient (Wildman–Crippen LogP) is 3.36. The topological polar surface area (TPSA) is 66.0 Å². The van der Waals surface area contributed by atoms with Crippen molar-refractivity contribution in [3.05, 3.63) is 41.7 Å². The number of alkyl halides is 3. The minimum absolute atomic E-state index is 0.168. The van der Waals surface area contributed by atoms with Crippen molar-refractivity contribution in [2.24, 2.45) is 5.92 Å². The van der Waals surface area contributed by atoms with Crippen LogP contribution in [0.2, 0.25) is 0 Å². The number of hydrogen-bond donors (Lipinski definition) is 2. The molecule has 0 aliphatic carbocycles. The Balaban J connectivity index is 2.35. The largest absolute Gasteiger partial charge is 0.481 e. The number of benzene rings is 1. The zero-order chi connectivity index (χ0) is 15.6. The van der Waals surface area contributed by atoms with E-state index >= 15 is 0 Å². The Morgan fingerprint density at radius 1 is 1.43 bits per heavy atom. The molecule has 21 heavy (non-hydrogen) atoms. The van der Waals surface area contributed by atoms with Gasteiger partial charge in [-0.2, -0.15) is 18.3 Å². The number of carbonyl (C=O) groups is 1. The molecule has 1 atom stereocenters. The maximum Gasteiger partial charge on any atom is 0.416 e. The first-order valence-corrected chi connectivity index (χ1v) is 6.21. The van der Waals surface area contributed by atoms with E-state index in [1.54, 1.807) is 0 Å². The lowest BCUT2D eigenvalue weighted by Gasteiger charge is -2.10. The van der Waals surface area contributed by atoms with E-state index in [0.717, 1.165) is 12.1 Å². The molecule has 2 N–H and O–H groups in total. The van der Waals surface area contributed by atoms with Crippen LogP contribution in [0.5, 0.6) is 0 Å². The molecule has 0 radical (unpaired) electrons. The SMILES string of the molecule is CC(Cc1[nH]ncc1-c1cccc(C(F)(F)F)c1)C(=O)O. The highest BCUT2D eigenvalue weighted by Crippen LogP contribution is 2.33. The Bertz CT molecular complexity index is 650. The number of carboxylic acids is 1. The van der Waals surface area contributed by atoms with Gasteiger partial charge < -0.3 is 5.11 Å². The fraction of sp³-hybridized carbons (Fsp3) is 0.286. The second kappa shape index (κ2) is 5.59. The van der Waals surface area contributed by atoms with Gasteiger partial charge >= 0.3 is 12.1 Å². The summed E-state index contributed by atoms with van der Waals surface area (Å²) in [5.41, 5.74) is 0.586. The molecule has 1 aromatic carbocycles. The van der Waals surface area contributed by atoms with Gasteiger partial charge in [-0.05, 0) is 17.7 Å². The van der Waals surface area contributed by atoms with E-state index in [9.17, 15) is 18.0 Å². The third-order valence-electron chi connectivity index (χ3n) is 3.15. The van der Waals surface area contributed by atoms with Crippen molar-refractivity contribution < 1.29 is 23.1 Å². The maximum atomic E-state index is 12.7. The minimum Gasteiger partial charge on any atom is -0.481 e. The second-order valence-corrected chi connectivity index (χ2v) is 4.78. The number of nitrogens with zero attached hydrogens (tertiary/aromatic N) is 1. The van der Waals surface area contributed by atoms with E-state index < -0.39 is 23.6 Å². The summed E-state index contributed by atoms with van der Waals surface area (Å²) in [6.07, 6.45) is -2.85. The summed E-state index contributed by atoms with van der Waals surface area (Å²) in [7, 11) is 0. The lowest BCUT2D eigenvalue weighted by Crippen LogP contribution is -2.13. The number of aliphatic carboxylic acids is 1.